The highest BCUT2D eigenvalue weighted by Gasteiger charge is 2.34. The Balaban J connectivity index is 2.00. The zero-order chi connectivity index (χ0) is 18.4. The van der Waals surface area contributed by atoms with Gasteiger partial charge in [0.25, 0.3) is 5.91 Å². The fourth-order valence-corrected chi connectivity index (χ4v) is 2.83. The van der Waals surface area contributed by atoms with E-state index in [9.17, 15) is 14.4 Å². The van der Waals surface area contributed by atoms with Gasteiger partial charge in [0.1, 0.15) is 12.1 Å². The lowest BCUT2D eigenvalue weighted by Crippen LogP contribution is -2.56. The molecule has 0 spiro atoms. The van der Waals surface area contributed by atoms with Crippen LogP contribution in [0.25, 0.3) is 0 Å². The number of piperidine rings is 1. The highest BCUT2D eigenvalue weighted by Crippen LogP contribution is 2.20. The molecule has 7 nitrogen and oxygen atoms in total. The lowest BCUT2D eigenvalue weighted by atomic mass is 10.0. The van der Waals surface area contributed by atoms with E-state index >= 15 is 0 Å². The highest BCUT2D eigenvalue weighted by atomic mass is 16.3. The van der Waals surface area contributed by atoms with Gasteiger partial charge >= 0.3 is 0 Å². The second kappa shape index (κ2) is 8.69. The number of hydrogen-bond donors (Lipinski definition) is 2. The fraction of sp³-hybridized carbons (Fsp3) is 0.611. The van der Waals surface area contributed by atoms with E-state index < -0.39 is 12.1 Å². The van der Waals surface area contributed by atoms with Crippen LogP contribution in [0.5, 0.6) is 0 Å². The van der Waals surface area contributed by atoms with Crippen molar-refractivity contribution >= 4 is 17.7 Å². The summed E-state index contributed by atoms with van der Waals surface area (Å²) in [6.45, 7) is 6.05. The van der Waals surface area contributed by atoms with Crippen molar-refractivity contribution in [3.8, 4) is 0 Å². The molecule has 2 heterocycles. The third-order valence-corrected chi connectivity index (χ3v) is 4.55. The van der Waals surface area contributed by atoms with Gasteiger partial charge in [0.2, 0.25) is 11.8 Å². The molecule has 2 rings (SSSR count). The quantitative estimate of drug-likeness (QED) is 0.817. The Hall–Kier alpha value is -2.31. The van der Waals surface area contributed by atoms with Crippen LogP contribution < -0.4 is 10.6 Å². The number of likely N-dealkylation sites (tertiary alicyclic amines) is 1. The molecule has 1 aliphatic heterocycles. The third-order valence-electron chi connectivity index (χ3n) is 4.55. The van der Waals surface area contributed by atoms with Gasteiger partial charge in [0.15, 0.2) is 5.76 Å². The summed E-state index contributed by atoms with van der Waals surface area (Å²) in [4.78, 5) is 38.8. The van der Waals surface area contributed by atoms with Gasteiger partial charge < -0.3 is 20.0 Å². The molecule has 3 unspecified atom stereocenters. The second-order valence-corrected chi connectivity index (χ2v) is 6.54. The minimum absolute atomic E-state index is 0.0542. The van der Waals surface area contributed by atoms with Crippen LogP contribution in [0.1, 0.15) is 57.0 Å². The first-order valence-electron chi connectivity index (χ1n) is 8.89. The van der Waals surface area contributed by atoms with Crippen molar-refractivity contribution in [3.05, 3.63) is 24.2 Å². The molecule has 1 aliphatic rings. The molecule has 1 aromatic heterocycles. The van der Waals surface area contributed by atoms with Crippen molar-refractivity contribution in [1.82, 2.24) is 15.5 Å². The SMILES string of the molecule is CCC(C)NC(=O)C(C)NC(=O)C1CCCCN1C(=O)c1ccco1. The van der Waals surface area contributed by atoms with Gasteiger partial charge in [-0.2, -0.15) is 0 Å². The number of hydrogen-bond acceptors (Lipinski definition) is 4. The van der Waals surface area contributed by atoms with Gasteiger partial charge in [-0.05, 0) is 51.7 Å². The number of amides is 3. The number of nitrogens with one attached hydrogen (secondary N) is 2. The largest absolute Gasteiger partial charge is 0.459 e. The van der Waals surface area contributed by atoms with Crippen LogP contribution >= 0.6 is 0 Å². The first-order chi connectivity index (χ1) is 11.9. The van der Waals surface area contributed by atoms with Gasteiger partial charge in [-0.3, -0.25) is 14.4 Å². The Morgan fingerprint density at radius 1 is 1.28 bits per heavy atom. The predicted octanol–water partition coefficient (Wildman–Crippen LogP) is 1.69. The molecule has 25 heavy (non-hydrogen) atoms. The second-order valence-electron chi connectivity index (χ2n) is 6.54. The van der Waals surface area contributed by atoms with Gasteiger partial charge in [0.05, 0.1) is 6.26 Å². The number of nitrogens with zero attached hydrogens (tertiary/aromatic N) is 1. The molecule has 0 radical (unpaired) electrons. The minimum atomic E-state index is -0.649. The molecule has 3 amide bonds. The standard InChI is InChI=1S/C18H27N3O4/c1-4-12(2)19-16(22)13(3)20-17(23)14-8-5-6-10-21(14)18(24)15-9-7-11-25-15/h7,9,11-14H,4-6,8,10H2,1-3H3,(H,19,22)(H,20,23). The highest BCUT2D eigenvalue weighted by molar-refractivity contribution is 5.96. The predicted molar refractivity (Wildman–Crippen MR) is 92.9 cm³/mol. The van der Waals surface area contributed by atoms with E-state index in [0.717, 1.165) is 19.3 Å². The van der Waals surface area contributed by atoms with Crippen molar-refractivity contribution in [3.63, 3.8) is 0 Å². The van der Waals surface area contributed by atoms with Crippen LogP contribution in [-0.4, -0.2) is 47.3 Å². The molecule has 7 heteroatoms. The summed E-state index contributed by atoms with van der Waals surface area (Å²) in [5.41, 5.74) is 0. The van der Waals surface area contributed by atoms with Crippen LogP contribution in [0.2, 0.25) is 0 Å². The Morgan fingerprint density at radius 3 is 2.68 bits per heavy atom. The molecule has 0 aliphatic carbocycles. The number of furan rings is 1. The lowest BCUT2D eigenvalue weighted by Gasteiger charge is -2.34. The summed E-state index contributed by atoms with van der Waals surface area (Å²) < 4.78 is 5.16. The van der Waals surface area contributed by atoms with E-state index in [1.54, 1.807) is 19.1 Å². The zero-order valence-corrected chi connectivity index (χ0v) is 15.1. The summed E-state index contributed by atoms with van der Waals surface area (Å²) >= 11 is 0. The van der Waals surface area contributed by atoms with Crippen LogP contribution in [0, 0.1) is 0 Å². The smallest absolute Gasteiger partial charge is 0.290 e. The van der Waals surface area contributed by atoms with Crippen molar-refractivity contribution in [2.45, 2.75) is 64.6 Å². The van der Waals surface area contributed by atoms with Crippen molar-refractivity contribution in [1.29, 1.82) is 0 Å². The molecule has 0 saturated carbocycles. The molecule has 2 N–H and O–H groups in total. The summed E-state index contributed by atoms with van der Waals surface area (Å²) in [6.07, 6.45) is 4.56. The van der Waals surface area contributed by atoms with Crippen molar-refractivity contribution < 1.29 is 18.8 Å². The Kier molecular flexibility index (Phi) is 6.61. The molecule has 0 bridgehead atoms. The number of carbonyl (C=O) groups is 3. The first kappa shape index (κ1) is 19.0. The Morgan fingerprint density at radius 2 is 2.04 bits per heavy atom. The van der Waals surface area contributed by atoms with Crippen LogP contribution in [-0.2, 0) is 9.59 Å². The summed E-state index contributed by atoms with van der Waals surface area (Å²) in [5, 5.41) is 5.58. The van der Waals surface area contributed by atoms with Crippen molar-refractivity contribution in [2.24, 2.45) is 0 Å². The van der Waals surface area contributed by atoms with Crippen LogP contribution in [0.3, 0.4) is 0 Å². The molecule has 0 aromatic carbocycles. The normalized spacial score (nSPS) is 19.8. The molecule has 138 valence electrons. The maximum atomic E-state index is 12.6. The van der Waals surface area contributed by atoms with E-state index in [1.807, 2.05) is 13.8 Å². The molecule has 1 aromatic rings. The van der Waals surface area contributed by atoms with Gasteiger partial charge in [0, 0.05) is 12.6 Å². The van der Waals surface area contributed by atoms with Crippen LogP contribution in [0.15, 0.2) is 22.8 Å². The summed E-state index contributed by atoms with van der Waals surface area (Å²) in [6, 6.07) is 2.06. The first-order valence-corrected chi connectivity index (χ1v) is 8.89. The van der Waals surface area contributed by atoms with Gasteiger partial charge in [-0.15, -0.1) is 0 Å². The maximum absolute atomic E-state index is 12.6. The number of rotatable bonds is 6. The zero-order valence-electron chi connectivity index (χ0n) is 15.1. The van der Waals surface area contributed by atoms with Gasteiger partial charge in [-0.25, -0.2) is 0 Å². The number of carbonyl (C=O) groups excluding carboxylic acids is 3. The van der Waals surface area contributed by atoms with Crippen molar-refractivity contribution in [2.75, 3.05) is 6.54 Å². The molecular weight excluding hydrogens is 322 g/mol. The monoisotopic (exact) mass is 349 g/mol. The summed E-state index contributed by atoms with van der Waals surface area (Å²) in [7, 11) is 0. The van der Waals surface area contributed by atoms with E-state index in [0.29, 0.717) is 13.0 Å². The average Bonchev–Trinajstić information content (AvgIpc) is 3.15. The fourth-order valence-electron chi connectivity index (χ4n) is 2.83. The molecule has 3 atom stereocenters. The van der Waals surface area contributed by atoms with Crippen LogP contribution in [0.4, 0.5) is 0 Å². The van der Waals surface area contributed by atoms with E-state index in [2.05, 4.69) is 10.6 Å². The Bertz CT molecular complexity index is 599. The Labute approximate surface area is 148 Å². The van der Waals surface area contributed by atoms with E-state index in [4.69, 9.17) is 4.42 Å². The van der Waals surface area contributed by atoms with E-state index in [1.165, 1.54) is 11.2 Å². The molecule has 1 saturated heterocycles. The topological polar surface area (TPSA) is 91.7 Å². The van der Waals surface area contributed by atoms with Gasteiger partial charge in [-0.1, -0.05) is 6.92 Å². The lowest BCUT2D eigenvalue weighted by molar-refractivity contribution is -0.132. The molecular formula is C18H27N3O4. The van der Waals surface area contributed by atoms with E-state index in [-0.39, 0.29) is 29.5 Å². The maximum Gasteiger partial charge on any atom is 0.290 e. The summed E-state index contributed by atoms with van der Waals surface area (Å²) in [5.74, 6) is -0.586. The average molecular weight is 349 g/mol. The minimum Gasteiger partial charge on any atom is -0.459 e. The third kappa shape index (κ3) is 4.84. The molecule has 1 fully saturated rings.